The van der Waals surface area contributed by atoms with Crippen LogP contribution < -0.4 is 10.1 Å². The zero-order valence-electron chi connectivity index (χ0n) is 12.3. The van der Waals surface area contributed by atoms with Gasteiger partial charge in [0.25, 0.3) is 0 Å². The van der Waals surface area contributed by atoms with Gasteiger partial charge in [-0.3, -0.25) is 0 Å². The van der Waals surface area contributed by atoms with Crippen LogP contribution in [0.1, 0.15) is 30.9 Å². The molecule has 1 atom stereocenters. The van der Waals surface area contributed by atoms with Gasteiger partial charge in [0.1, 0.15) is 5.75 Å². The molecule has 1 aliphatic rings. The fourth-order valence-corrected chi connectivity index (χ4v) is 2.63. The average molecular weight is 278 g/mol. The molecule has 1 heterocycles. The van der Waals surface area contributed by atoms with Crippen LogP contribution in [0.3, 0.4) is 0 Å². The van der Waals surface area contributed by atoms with Crippen molar-refractivity contribution in [2.75, 3.05) is 39.8 Å². The average Bonchev–Trinajstić information content (AvgIpc) is 2.52. The highest BCUT2D eigenvalue weighted by molar-refractivity contribution is 5.29. The maximum absolute atomic E-state index is 10.1. The number of hydrogen-bond donors (Lipinski definition) is 2. The summed E-state index contributed by atoms with van der Waals surface area (Å²) in [6.45, 7) is 5.03. The Balaban J connectivity index is 1.67. The first kappa shape index (κ1) is 15.3. The van der Waals surface area contributed by atoms with E-state index in [4.69, 9.17) is 4.74 Å². The van der Waals surface area contributed by atoms with Crippen molar-refractivity contribution in [2.45, 2.75) is 25.4 Å². The zero-order valence-corrected chi connectivity index (χ0v) is 12.3. The van der Waals surface area contributed by atoms with Gasteiger partial charge in [-0.25, -0.2) is 0 Å². The predicted octanol–water partition coefficient (Wildman–Crippen LogP) is 1.80. The molecule has 1 aliphatic heterocycles. The van der Waals surface area contributed by atoms with Crippen molar-refractivity contribution < 1.29 is 9.84 Å². The van der Waals surface area contributed by atoms with Crippen molar-refractivity contribution in [1.29, 1.82) is 0 Å². The Morgan fingerprint density at radius 3 is 2.85 bits per heavy atom. The van der Waals surface area contributed by atoms with E-state index in [1.54, 1.807) is 7.11 Å². The standard InChI is InChI=1S/C16H26N2O2/c1-20-15-7-5-6-14(12-15)16(19)13-17-8-11-18-9-3-2-4-10-18/h5-7,12,16-17,19H,2-4,8-11,13H2,1H3. The lowest BCUT2D eigenvalue weighted by molar-refractivity contribution is 0.169. The van der Waals surface area contributed by atoms with E-state index in [1.165, 1.54) is 32.4 Å². The molecule has 0 radical (unpaired) electrons. The second-order valence-electron chi connectivity index (χ2n) is 5.40. The Morgan fingerprint density at radius 1 is 1.30 bits per heavy atom. The van der Waals surface area contributed by atoms with E-state index in [0.717, 1.165) is 24.4 Å². The Hall–Kier alpha value is -1.10. The number of aliphatic hydroxyl groups excluding tert-OH is 1. The fraction of sp³-hybridized carbons (Fsp3) is 0.625. The summed E-state index contributed by atoms with van der Waals surface area (Å²) in [5.41, 5.74) is 0.898. The minimum Gasteiger partial charge on any atom is -0.497 e. The monoisotopic (exact) mass is 278 g/mol. The van der Waals surface area contributed by atoms with Crippen LogP contribution in [0.4, 0.5) is 0 Å². The quantitative estimate of drug-likeness (QED) is 0.747. The van der Waals surface area contributed by atoms with E-state index in [0.29, 0.717) is 6.54 Å². The molecule has 1 aromatic rings. The number of rotatable bonds is 7. The molecule has 1 aromatic carbocycles. The summed E-state index contributed by atoms with van der Waals surface area (Å²) in [5, 5.41) is 13.5. The lowest BCUT2D eigenvalue weighted by Crippen LogP contribution is -2.36. The van der Waals surface area contributed by atoms with Crippen molar-refractivity contribution in [3.63, 3.8) is 0 Å². The van der Waals surface area contributed by atoms with Crippen LogP contribution in [0.15, 0.2) is 24.3 Å². The molecule has 0 spiro atoms. The molecule has 112 valence electrons. The topological polar surface area (TPSA) is 44.7 Å². The highest BCUT2D eigenvalue weighted by Crippen LogP contribution is 2.18. The van der Waals surface area contributed by atoms with Gasteiger partial charge in [-0.1, -0.05) is 18.6 Å². The number of likely N-dealkylation sites (tertiary alicyclic amines) is 1. The van der Waals surface area contributed by atoms with Crippen molar-refractivity contribution >= 4 is 0 Å². The Morgan fingerprint density at radius 2 is 2.10 bits per heavy atom. The molecule has 0 bridgehead atoms. The number of nitrogens with zero attached hydrogens (tertiary/aromatic N) is 1. The third-order valence-electron chi connectivity index (χ3n) is 3.87. The fourth-order valence-electron chi connectivity index (χ4n) is 2.63. The Labute approximate surface area is 121 Å². The number of methoxy groups -OCH3 is 1. The normalized spacial score (nSPS) is 17.9. The van der Waals surface area contributed by atoms with Crippen molar-refractivity contribution in [3.05, 3.63) is 29.8 Å². The molecule has 1 fully saturated rings. The summed E-state index contributed by atoms with van der Waals surface area (Å²) in [6.07, 6.45) is 3.55. The first-order valence-corrected chi connectivity index (χ1v) is 7.54. The first-order chi connectivity index (χ1) is 9.79. The van der Waals surface area contributed by atoms with Gasteiger partial charge in [0.05, 0.1) is 13.2 Å². The van der Waals surface area contributed by atoms with Gasteiger partial charge in [-0.2, -0.15) is 0 Å². The van der Waals surface area contributed by atoms with Crippen LogP contribution in [-0.2, 0) is 0 Å². The predicted molar refractivity (Wildman–Crippen MR) is 81.1 cm³/mol. The van der Waals surface area contributed by atoms with Crippen molar-refractivity contribution in [1.82, 2.24) is 10.2 Å². The summed E-state index contributed by atoms with van der Waals surface area (Å²) >= 11 is 0. The molecular weight excluding hydrogens is 252 g/mol. The molecule has 0 amide bonds. The summed E-state index contributed by atoms with van der Waals surface area (Å²) in [7, 11) is 1.64. The smallest absolute Gasteiger partial charge is 0.119 e. The number of piperidine rings is 1. The van der Waals surface area contributed by atoms with E-state index in [-0.39, 0.29) is 0 Å². The summed E-state index contributed by atoms with van der Waals surface area (Å²) < 4.78 is 5.17. The van der Waals surface area contributed by atoms with Gasteiger partial charge < -0.3 is 20.1 Å². The number of nitrogens with one attached hydrogen (secondary N) is 1. The summed E-state index contributed by atoms with van der Waals surface area (Å²) in [5.74, 6) is 0.787. The van der Waals surface area contributed by atoms with Crippen LogP contribution in [-0.4, -0.2) is 49.8 Å². The van der Waals surface area contributed by atoms with E-state index in [2.05, 4.69) is 10.2 Å². The van der Waals surface area contributed by atoms with Gasteiger partial charge >= 0.3 is 0 Å². The molecule has 0 aromatic heterocycles. The number of ether oxygens (including phenoxy) is 1. The minimum atomic E-state index is -0.480. The molecule has 2 N–H and O–H groups in total. The van der Waals surface area contributed by atoms with Gasteiger partial charge in [0.2, 0.25) is 0 Å². The molecular formula is C16H26N2O2. The SMILES string of the molecule is COc1cccc(C(O)CNCCN2CCCCC2)c1. The lowest BCUT2D eigenvalue weighted by atomic mass is 10.1. The second kappa shape index (κ2) is 8.25. The Kier molecular flexibility index (Phi) is 6.30. The van der Waals surface area contributed by atoms with Crippen molar-refractivity contribution in [3.8, 4) is 5.75 Å². The molecule has 0 saturated carbocycles. The molecule has 2 rings (SSSR count). The second-order valence-corrected chi connectivity index (χ2v) is 5.40. The minimum absolute atomic E-state index is 0.480. The van der Waals surface area contributed by atoms with Crippen molar-refractivity contribution in [2.24, 2.45) is 0 Å². The zero-order chi connectivity index (χ0) is 14.2. The molecule has 20 heavy (non-hydrogen) atoms. The van der Waals surface area contributed by atoms with Gasteiger partial charge in [0, 0.05) is 19.6 Å². The molecule has 1 saturated heterocycles. The largest absolute Gasteiger partial charge is 0.497 e. The van der Waals surface area contributed by atoms with Crippen LogP contribution in [0.2, 0.25) is 0 Å². The van der Waals surface area contributed by atoms with Crippen LogP contribution in [0.25, 0.3) is 0 Å². The summed E-state index contributed by atoms with van der Waals surface area (Å²) in [4.78, 5) is 2.49. The van der Waals surface area contributed by atoms with Crippen LogP contribution in [0.5, 0.6) is 5.75 Å². The summed E-state index contributed by atoms with van der Waals surface area (Å²) in [6, 6.07) is 7.61. The number of benzene rings is 1. The number of hydrogen-bond acceptors (Lipinski definition) is 4. The van der Waals surface area contributed by atoms with E-state index in [1.807, 2.05) is 24.3 Å². The number of aliphatic hydroxyl groups is 1. The van der Waals surface area contributed by atoms with Gasteiger partial charge in [-0.05, 0) is 43.6 Å². The third-order valence-corrected chi connectivity index (χ3v) is 3.87. The maximum atomic E-state index is 10.1. The lowest BCUT2D eigenvalue weighted by Gasteiger charge is -2.26. The first-order valence-electron chi connectivity index (χ1n) is 7.54. The van der Waals surface area contributed by atoms with Crippen LogP contribution >= 0.6 is 0 Å². The third kappa shape index (κ3) is 4.78. The van der Waals surface area contributed by atoms with E-state index >= 15 is 0 Å². The molecule has 4 nitrogen and oxygen atoms in total. The van der Waals surface area contributed by atoms with E-state index in [9.17, 15) is 5.11 Å². The molecule has 4 heteroatoms. The molecule has 1 unspecified atom stereocenters. The van der Waals surface area contributed by atoms with E-state index < -0.39 is 6.10 Å². The highest BCUT2D eigenvalue weighted by atomic mass is 16.5. The van der Waals surface area contributed by atoms with Gasteiger partial charge in [-0.15, -0.1) is 0 Å². The van der Waals surface area contributed by atoms with Gasteiger partial charge in [0.15, 0.2) is 0 Å². The maximum Gasteiger partial charge on any atom is 0.119 e. The molecule has 0 aliphatic carbocycles. The van der Waals surface area contributed by atoms with Crippen LogP contribution in [0, 0.1) is 0 Å². The highest BCUT2D eigenvalue weighted by Gasteiger charge is 2.10. The Bertz CT molecular complexity index is 392.